The van der Waals surface area contributed by atoms with E-state index < -0.39 is 16.6 Å². The number of rotatable bonds is 5. The first kappa shape index (κ1) is 16.8. The van der Waals surface area contributed by atoms with Crippen LogP contribution in [0.3, 0.4) is 0 Å². The third-order valence-electron chi connectivity index (χ3n) is 3.48. The van der Waals surface area contributed by atoms with Gasteiger partial charge < -0.3 is 4.74 Å². The molecule has 0 bridgehead atoms. The fourth-order valence-corrected chi connectivity index (χ4v) is 4.53. The lowest BCUT2D eigenvalue weighted by Crippen LogP contribution is -2.17. The lowest BCUT2D eigenvalue weighted by molar-refractivity contribution is -0.0498. The number of hydrogen-bond donors (Lipinski definition) is 1. The zero-order valence-corrected chi connectivity index (χ0v) is 14.3. The highest BCUT2D eigenvalue weighted by Crippen LogP contribution is 2.31. The Morgan fingerprint density at radius 3 is 2.79 bits per heavy atom. The first-order valence-electron chi connectivity index (χ1n) is 7.07. The Labute approximate surface area is 142 Å². The molecule has 1 aliphatic rings. The van der Waals surface area contributed by atoms with Crippen molar-refractivity contribution in [3.05, 3.63) is 45.3 Å². The molecular formula is C15H14F2N2O3S2. The fourth-order valence-electron chi connectivity index (χ4n) is 2.41. The van der Waals surface area contributed by atoms with Crippen molar-refractivity contribution >= 4 is 32.6 Å². The number of nitrogens with zero attached hydrogens (tertiary/aromatic N) is 1. The van der Waals surface area contributed by atoms with Crippen molar-refractivity contribution in [2.24, 2.45) is 0 Å². The smallest absolute Gasteiger partial charge is 0.387 e. The molecule has 1 aromatic carbocycles. The first-order valence-corrected chi connectivity index (χ1v) is 9.43. The number of fused-ring (bicyclic) bond motifs is 1. The minimum absolute atomic E-state index is 0.0693. The van der Waals surface area contributed by atoms with Crippen molar-refractivity contribution in [2.45, 2.75) is 26.4 Å². The second-order valence-electron chi connectivity index (χ2n) is 5.25. The van der Waals surface area contributed by atoms with Gasteiger partial charge in [0.15, 0.2) is 5.13 Å². The van der Waals surface area contributed by atoms with Gasteiger partial charge in [0.25, 0.3) is 10.0 Å². The van der Waals surface area contributed by atoms with Crippen LogP contribution < -0.4 is 9.46 Å². The lowest BCUT2D eigenvalue weighted by atomic mass is 9.97. The number of halogens is 2. The van der Waals surface area contributed by atoms with E-state index in [1.807, 2.05) is 0 Å². The van der Waals surface area contributed by atoms with Crippen LogP contribution in [0.5, 0.6) is 5.75 Å². The summed E-state index contributed by atoms with van der Waals surface area (Å²) < 4.78 is 56.2. The minimum atomic E-state index is -3.69. The summed E-state index contributed by atoms with van der Waals surface area (Å²) in [6.07, 6.45) is 2.26. The number of sulfonamides is 1. The van der Waals surface area contributed by atoms with Gasteiger partial charge in [0.05, 0.1) is 10.6 Å². The fraction of sp³-hybridized carbons (Fsp3) is 0.267. The third-order valence-corrected chi connectivity index (χ3v) is 5.96. The Morgan fingerprint density at radius 2 is 2.12 bits per heavy atom. The average Bonchev–Trinajstić information content (AvgIpc) is 2.90. The predicted octanol–water partition coefficient (Wildman–Crippen LogP) is 3.78. The summed E-state index contributed by atoms with van der Waals surface area (Å²) in [7, 11) is -3.69. The molecule has 3 rings (SSSR count). The minimum Gasteiger partial charge on any atom is -0.435 e. The van der Waals surface area contributed by atoms with E-state index in [9.17, 15) is 17.2 Å². The maximum absolute atomic E-state index is 12.4. The second-order valence-corrected chi connectivity index (χ2v) is 7.84. The van der Waals surface area contributed by atoms with Gasteiger partial charge in [-0.25, -0.2) is 13.4 Å². The molecule has 0 fully saturated rings. The van der Waals surface area contributed by atoms with Crippen molar-refractivity contribution in [1.29, 1.82) is 0 Å². The Bertz CT molecular complexity index is 892. The Balaban J connectivity index is 1.84. The molecule has 24 heavy (non-hydrogen) atoms. The molecule has 1 heterocycles. The summed E-state index contributed by atoms with van der Waals surface area (Å²) >= 11 is 1.22. The van der Waals surface area contributed by atoms with Crippen molar-refractivity contribution < 1.29 is 21.9 Å². The van der Waals surface area contributed by atoms with Gasteiger partial charge in [-0.15, -0.1) is 11.3 Å². The Kier molecular flexibility index (Phi) is 4.55. The topological polar surface area (TPSA) is 68.3 Å². The summed E-state index contributed by atoms with van der Waals surface area (Å²) in [6.45, 7) is -1.10. The highest BCUT2D eigenvalue weighted by atomic mass is 32.2. The summed E-state index contributed by atoms with van der Waals surface area (Å²) in [5.74, 6) is 0.0693. The van der Waals surface area contributed by atoms with E-state index in [1.54, 1.807) is 24.4 Å². The monoisotopic (exact) mass is 372 g/mol. The van der Waals surface area contributed by atoms with Gasteiger partial charge in [0.2, 0.25) is 0 Å². The lowest BCUT2D eigenvalue weighted by Gasteiger charge is -2.18. The maximum Gasteiger partial charge on any atom is 0.387 e. The number of aromatic nitrogens is 1. The molecule has 5 nitrogen and oxygen atoms in total. The third kappa shape index (κ3) is 3.73. The molecule has 0 spiro atoms. The summed E-state index contributed by atoms with van der Waals surface area (Å²) in [5, 5.41) is 2.08. The number of anilines is 1. The SMILES string of the molecule is Cc1csc(NS(=O)(=O)C2=Cc3ccc(OC(F)F)cc3CC2)n1. The molecular weight excluding hydrogens is 358 g/mol. The molecule has 1 N–H and O–H groups in total. The molecule has 128 valence electrons. The molecule has 9 heteroatoms. The van der Waals surface area contributed by atoms with Gasteiger partial charge in [-0.3, -0.25) is 4.72 Å². The van der Waals surface area contributed by atoms with Crippen LogP contribution in [-0.4, -0.2) is 20.0 Å². The summed E-state index contributed by atoms with van der Waals surface area (Å²) in [6, 6.07) is 4.49. The van der Waals surface area contributed by atoms with Gasteiger partial charge in [-0.2, -0.15) is 8.78 Å². The number of thiazole rings is 1. The van der Waals surface area contributed by atoms with Crippen molar-refractivity contribution in [3.8, 4) is 5.75 Å². The van der Waals surface area contributed by atoms with Crippen LogP contribution in [0.1, 0.15) is 23.2 Å². The predicted molar refractivity (Wildman–Crippen MR) is 88.8 cm³/mol. The van der Waals surface area contributed by atoms with Gasteiger partial charge in [-0.05, 0) is 49.1 Å². The molecule has 0 saturated carbocycles. The van der Waals surface area contributed by atoms with Gasteiger partial charge in [0.1, 0.15) is 5.75 Å². The summed E-state index contributed by atoms with van der Waals surface area (Å²) in [4.78, 5) is 4.33. The number of allylic oxidation sites excluding steroid dienone is 1. The molecule has 1 aliphatic carbocycles. The first-order chi connectivity index (χ1) is 11.3. The van der Waals surface area contributed by atoms with Crippen LogP contribution in [0.2, 0.25) is 0 Å². The van der Waals surface area contributed by atoms with Crippen LogP contribution in [0.25, 0.3) is 6.08 Å². The van der Waals surface area contributed by atoms with E-state index in [1.165, 1.54) is 23.5 Å². The van der Waals surface area contributed by atoms with Crippen LogP contribution in [0.4, 0.5) is 13.9 Å². The zero-order chi connectivity index (χ0) is 17.3. The van der Waals surface area contributed by atoms with E-state index in [4.69, 9.17) is 0 Å². The maximum atomic E-state index is 12.4. The Morgan fingerprint density at radius 1 is 1.33 bits per heavy atom. The van der Waals surface area contributed by atoms with E-state index in [0.717, 1.165) is 11.3 Å². The highest BCUT2D eigenvalue weighted by molar-refractivity contribution is 7.96. The van der Waals surface area contributed by atoms with Crippen LogP contribution >= 0.6 is 11.3 Å². The number of benzene rings is 1. The molecule has 0 unspecified atom stereocenters. The largest absolute Gasteiger partial charge is 0.435 e. The normalized spacial score (nSPS) is 14.2. The average molecular weight is 372 g/mol. The van der Waals surface area contributed by atoms with Gasteiger partial charge in [-0.1, -0.05) is 6.07 Å². The number of hydrogen-bond acceptors (Lipinski definition) is 5. The second kappa shape index (κ2) is 6.48. The Hall–Kier alpha value is -2.00. The number of aryl methyl sites for hydroxylation is 2. The number of nitrogens with one attached hydrogen (secondary N) is 1. The van der Waals surface area contributed by atoms with Crippen molar-refractivity contribution in [1.82, 2.24) is 4.98 Å². The zero-order valence-electron chi connectivity index (χ0n) is 12.6. The van der Waals surface area contributed by atoms with E-state index in [2.05, 4.69) is 14.4 Å². The van der Waals surface area contributed by atoms with Crippen LogP contribution in [0.15, 0.2) is 28.5 Å². The molecule has 1 aromatic heterocycles. The van der Waals surface area contributed by atoms with E-state index >= 15 is 0 Å². The molecule has 2 aromatic rings. The van der Waals surface area contributed by atoms with Gasteiger partial charge >= 0.3 is 6.61 Å². The van der Waals surface area contributed by atoms with Crippen LogP contribution in [0, 0.1) is 6.92 Å². The quantitative estimate of drug-likeness (QED) is 0.867. The van der Waals surface area contributed by atoms with E-state index in [0.29, 0.717) is 17.1 Å². The number of alkyl halides is 2. The molecule has 0 atom stereocenters. The van der Waals surface area contributed by atoms with Crippen molar-refractivity contribution in [3.63, 3.8) is 0 Å². The molecule has 0 radical (unpaired) electrons. The molecule has 0 saturated heterocycles. The molecule has 0 amide bonds. The van der Waals surface area contributed by atoms with Gasteiger partial charge in [0, 0.05) is 5.38 Å². The summed E-state index contributed by atoms with van der Waals surface area (Å²) in [5.41, 5.74) is 2.20. The standard InChI is InChI=1S/C15H14F2N2O3S2/c1-9-8-23-15(18-9)19-24(20,21)13-5-3-10-6-12(22-14(16)17)4-2-11(10)7-13/h2,4,6-8,14H,3,5H2,1H3,(H,18,19). The molecule has 0 aliphatic heterocycles. The van der Waals surface area contributed by atoms with E-state index in [-0.39, 0.29) is 17.1 Å². The highest BCUT2D eigenvalue weighted by Gasteiger charge is 2.23. The van der Waals surface area contributed by atoms with Crippen molar-refractivity contribution in [2.75, 3.05) is 4.72 Å². The van der Waals surface area contributed by atoms with Crippen LogP contribution in [-0.2, 0) is 16.4 Å². The number of ether oxygens (including phenoxy) is 1.